The number of benzene rings is 7. The largest absolute Gasteiger partial charge is 0.208 e. The Balaban J connectivity index is 1.19. The molecule has 0 aliphatic rings. The highest BCUT2D eigenvalue weighted by Crippen LogP contribution is 2.41. The Morgan fingerprint density at radius 1 is 0.306 bits per heavy atom. The standard InChI is InChI=1S/C45H29N3S/c1-4-12-30(13-5-1)32-22-24-34(25-23-32)43-46-44(36-19-10-18-35(28-36)31-14-6-2-7-15-31)48-45(47-43)37-26-27-41-40(29-37)39-21-11-20-38(42(39)49-41)33-16-8-3-9-17-33/h1-29H. The smallest absolute Gasteiger partial charge is 0.164 e. The maximum atomic E-state index is 5.12. The molecular formula is C45H29N3S. The minimum absolute atomic E-state index is 0.645. The second kappa shape index (κ2) is 12.4. The quantitative estimate of drug-likeness (QED) is 0.181. The third kappa shape index (κ3) is 5.58. The normalized spacial score (nSPS) is 11.3. The minimum atomic E-state index is 0.645. The van der Waals surface area contributed by atoms with Crippen LogP contribution in [0, 0.1) is 0 Å². The first-order chi connectivity index (χ1) is 24.3. The number of hydrogen-bond donors (Lipinski definition) is 0. The van der Waals surface area contributed by atoms with Gasteiger partial charge in [0.15, 0.2) is 17.5 Å². The molecule has 0 N–H and O–H groups in total. The van der Waals surface area contributed by atoms with Crippen LogP contribution in [0.3, 0.4) is 0 Å². The van der Waals surface area contributed by atoms with Crippen LogP contribution in [-0.4, -0.2) is 15.0 Å². The van der Waals surface area contributed by atoms with E-state index in [1.807, 2.05) is 23.5 Å². The Labute approximate surface area is 288 Å². The summed E-state index contributed by atoms with van der Waals surface area (Å²) in [5, 5.41) is 2.45. The fourth-order valence-electron chi connectivity index (χ4n) is 6.46. The first kappa shape index (κ1) is 29.0. The molecule has 9 rings (SSSR count). The van der Waals surface area contributed by atoms with Crippen LogP contribution in [0.1, 0.15) is 0 Å². The topological polar surface area (TPSA) is 38.7 Å². The van der Waals surface area contributed by atoms with E-state index in [1.54, 1.807) is 0 Å². The van der Waals surface area contributed by atoms with Gasteiger partial charge >= 0.3 is 0 Å². The van der Waals surface area contributed by atoms with Gasteiger partial charge in [-0.25, -0.2) is 15.0 Å². The number of fused-ring (bicyclic) bond motifs is 3. The van der Waals surface area contributed by atoms with Crippen LogP contribution < -0.4 is 0 Å². The highest BCUT2D eigenvalue weighted by molar-refractivity contribution is 7.26. The Morgan fingerprint density at radius 2 is 0.776 bits per heavy atom. The van der Waals surface area contributed by atoms with Crippen molar-refractivity contribution in [2.45, 2.75) is 0 Å². The van der Waals surface area contributed by atoms with Crippen LogP contribution in [0.5, 0.6) is 0 Å². The average molecular weight is 644 g/mol. The maximum absolute atomic E-state index is 5.12. The summed E-state index contributed by atoms with van der Waals surface area (Å²) in [5.74, 6) is 1.94. The zero-order valence-corrected chi connectivity index (χ0v) is 27.3. The van der Waals surface area contributed by atoms with E-state index in [0.717, 1.165) is 33.4 Å². The Kier molecular flexibility index (Phi) is 7.34. The van der Waals surface area contributed by atoms with Crippen molar-refractivity contribution in [3.63, 3.8) is 0 Å². The second-order valence-electron chi connectivity index (χ2n) is 12.1. The summed E-state index contributed by atoms with van der Waals surface area (Å²) in [7, 11) is 0. The molecule has 9 aromatic rings. The molecule has 4 heteroatoms. The van der Waals surface area contributed by atoms with Crippen molar-refractivity contribution in [2.24, 2.45) is 0 Å². The first-order valence-electron chi connectivity index (χ1n) is 16.4. The molecule has 0 fully saturated rings. The van der Waals surface area contributed by atoms with Crippen molar-refractivity contribution in [3.05, 3.63) is 176 Å². The lowest BCUT2D eigenvalue weighted by Gasteiger charge is -2.10. The summed E-state index contributed by atoms with van der Waals surface area (Å²) in [4.78, 5) is 15.3. The Morgan fingerprint density at radius 3 is 1.45 bits per heavy atom. The summed E-state index contributed by atoms with van der Waals surface area (Å²) in [6, 6.07) is 61.5. The van der Waals surface area contributed by atoms with Crippen LogP contribution in [0.25, 0.3) is 87.7 Å². The molecule has 0 aliphatic heterocycles. The lowest BCUT2D eigenvalue weighted by atomic mass is 10.0. The van der Waals surface area contributed by atoms with Gasteiger partial charge in [0.1, 0.15) is 0 Å². The molecular weight excluding hydrogens is 615 g/mol. The zero-order chi connectivity index (χ0) is 32.6. The van der Waals surface area contributed by atoms with Crippen molar-refractivity contribution >= 4 is 31.5 Å². The van der Waals surface area contributed by atoms with Gasteiger partial charge in [-0.2, -0.15) is 0 Å². The number of thiophene rings is 1. The fraction of sp³-hybridized carbons (Fsp3) is 0. The molecule has 0 saturated heterocycles. The van der Waals surface area contributed by atoms with E-state index in [2.05, 4.69) is 164 Å². The Hall–Kier alpha value is -6.23. The van der Waals surface area contributed by atoms with Crippen LogP contribution in [0.2, 0.25) is 0 Å². The van der Waals surface area contributed by atoms with E-state index >= 15 is 0 Å². The molecule has 0 unspecified atom stereocenters. The highest BCUT2D eigenvalue weighted by Gasteiger charge is 2.16. The van der Waals surface area contributed by atoms with Crippen LogP contribution in [0.15, 0.2) is 176 Å². The number of hydrogen-bond acceptors (Lipinski definition) is 4. The predicted octanol–water partition coefficient (Wildman–Crippen LogP) is 12.2. The molecule has 0 aliphatic carbocycles. The molecule has 0 radical (unpaired) electrons. The summed E-state index contributed by atoms with van der Waals surface area (Å²) in [6.07, 6.45) is 0. The van der Waals surface area contributed by atoms with E-state index in [-0.39, 0.29) is 0 Å². The molecule has 3 nitrogen and oxygen atoms in total. The molecule has 49 heavy (non-hydrogen) atoms. The number of nitrogens with zero attached hydrogens (tertiary/aromatic N) is 3. The molecule has 0 saturated carbocycles. The van der Waals surface area contributed by atoms with Gasteiger partial charge in [0.2, 0.25) is 0 Å². The van der Waals surface area contributed by atoms with Gasteiger partial charge in [-0.3, -0.25) is 0 Å². The van der Waals surface area contributed by atoms with Gasteiger partial charge in [-0.05, 0) is 57.6 Å². The van der Waals surface area contributed by atoms with Gasteiger partial charge in [0.05, 0.1) is 0 Å². The lowest BCUT2D eigenvalue weighted by molar-refractivity contribution is 1.07. The lowest BCUT2D eigenvalue weighted by Crippen LogP contribution is -2.00. The first-order valence-corrected chi connectivity index (χ1v) is 17.2. The van der Waals surface area contributed by atoms with Crippen molar-refractivity contribution < 1.29 is 0 Å². The van der Waals surface area contributed by atoms with Gasteiger partial charge in [-0.1, -0.05) is 152 Å². The van der Waals surface area contributed by atoms with E-state index < -0.39 is 0 Å². The maximum Gasteiger partial charge on any atom is 0.164 e. The van der Waals surface area contributed by atoms with E-state index in [0.29, 0.717) is 17.5 Å². The summed E-state index contributed by atoms with van der Waals surface area (Å²) >= 11 is 1.83. The van der Waals surface area contributed by atoms with E-state index in [4.69, 9.17) is 15.0 Å². The molecule has 0 atom stereocenters. The monoisotopic (exact) mass is 643 g/mol. The van der Waals surface area contributed by atoms with E-state index in [1.165, 1.54) is 36.9 Å². The van der Waals surface area contributed by atoms with Gasteiger partial charge < -0.3 is 0 Å². The fourth-order valence-corrected chi connectivity index (χ4v) is 7.68. The van der Waals surface area contributed by atoms with E-state index in [9.17, 15) is 0 Å². The molecule has 0 bridgehead atoms. The average Bonchev–Trinajstić information content (AvgIpc) is 3.57. The highest BCUT2D eigenvalue weighted by atomic mass is 32.1. The zero-order valence-electron chi connectivity index (χ0n) is 26.5. The van der Waals surface area contributed by atoms with Crippen molar-refractivity contribution in [3.8, 4) is 67.5 Å². The van der Waals surface area contributed by atoms with Crippen LogP contribution in [0.4, 0.5) is 0 Å². The summed E-state index contributed by atoms with van der Waals surface area (Å²) < 4.78 is 2.53. The molecule has 230 valence electrons. The number of aromatic nitrogens is 3. The van der Waals surface area contributed by atoms with Crippen molar-refractivity contribution in [2.75, 3.05) is 0 Å². The second-order valence-corrected chi connectivity index (χ2v) is 13.1. The summed E-state index contributed by atoms with van der Waals surface area (Å²) in [6.45, 7) is 0. The van der Waals surface area contributed by atoms with Gasteiger partial charge in [-0.15, -0.1) is 11.3 Å². The minimum Gasteiger partial charge on any atom is -0.208 e. The molecule has 0 spiro atoms. The van der Waals surface area contributed by atoms with Crippen molar-refractivity contribution in [1.82, 2.24) is 15.0 Å². The van der Waals surface area contributed by atoms with Crippen molar-refractivity contribution in [1.29, 1.82) is 0 Å². The van der Waals surface area contributed by atoms with Crippen LogP contribution in [-0.2, 0) is 0 Å². The summed E-state index contributed by atoms with van der Waals surface area (Å²) in [5.41, 5.74) is 9.93. The van der Waals surface area contributed by atoms with Gasteiger partial charge in [0.25, 0.3) is 0 Å². The third-order valence-corrected chi connectivity index (χ3v) is 10.2. The predicted molar refractivity (Wildman–Crippen MR) is 205 cm³/mol. The molecule has 2 heterocycles. The van der Waals surface area contributed by atoms with Gasteiger partial charge in [0, 0.05) is 36.9 Å². The SMILES string of the molecule is c1ccc(-c2ccc(-c3nc(-c4cccc(-c5ccccc5)c4)nc(-c4ccc5sc6c(-c7ccccc7)cccc6c5c4)n3)cc2)cc1. The molecule has 2 aromatic heterocycles. The Bertz CT molecular complexity index is 2580. The number of rotatable bonds is 6. The molecule has 7 aromatic carbocycles. The third-order valence-electron chi connectivity index (χ3n) is 8.95. The molecule has 0 amide bonds. The van der Waals surface area contributed by atoms with Crippen LogP contribution >= 0.6 is 11.3 Å².